The van der Waals surface area contributed by atoms with Crippen molar-refractivity contribution in [2.45, 2.75) is 38.9 Å². The molecular weight excluding hydrogens is 264 g/mol. The maximum atomic E-state index is 11.8. The summed E-state index contributed by atoms with van der Waals surface area (Å²) in [5.41, 5.74) is 3.80. The van der Waals surface area contributed by atoms with Gasteiger partial charge in [0.25, 0.3) is 0 Å². The number of halogens is 1. The summed E-state index contributed by atoms with van der Waals surface area (Å²) in [4.78, 5) is 11.7. The predicted octanol–water partition coefficient (Wildman–Crippen LogP) is 3.83. The molecule has 0 aromatic heterocycles. The molecular formula is C14H19BrO. The average Bonchev–Trinajstić information content (AvgIpc) is 2.22. The number of Topliss-reactive ketones (excluding diaryl/α,β-unsaturated/α-hetero) is 1. The molecule has 0 saturated carbocycles. The summed E-state index contributed by atoms with van der Waals surface area (Å²) in [6, 6.07) is 6.38. The van der Waals surface area contributed by atoms with Crippen molar-refractivity contribution in [3.8, 4) is 0 Å². The molecule has 1 aromatic rings. The highest BCUT2D eigenvalue weighted by Gasteiger charge is 2.18. The molecule has 0 aliphatic heterocycles. The van der Waals surface area contributed by atoms with E-state index < -0.39 is 0 Å². The first-order chi connectivity index (χ1) is 7.41. The molecule has 0 bridgehead atoms. The van der Waals surface area contributed by atoms with Crippen LogP contribution in [0.1, 0.15) is 30.5 Å². The summed E-state index contributed by atoms with van der Waals surface area (Å²) in [6.07, 6.45) is 0.776. The molecule has 16 heavy (non-hydrogen) atoms. The first-order valence-electron chi connectivity index (χ1n) is 5.65. The second kappa shape index (κ2) is 5.62. The van der Waals surface area contributed by atoms with E-state index in [1.807, 2.05) is 13.8 Å². The summed E-state index contributed by atoms with van der Waals surface area (Å²) in [6.45, 7) is 8.09. The Kier molecular flexibility index (Phi) is 4.72. The number of rotatable bonds is 4. The van der Waals surface area contributed by atoms with E-state index in [-0.39, 0.29) is 16.5 Å². The summed E-state index contributed by atoms with van der Waals surface area (Å²) in [5.74, 6) is 0.370. The molecule has 0 fully saturated rings. The van der Waals surface area contributed by atoms with Gasteiger partial charge < -0.3 is 0 Å². The molecule has 1 atom stereocenters. The molecule has 1 rings (SSSR count). The van der Waals surface area contributed by atoms with Crippen LogP contribution in [0.4, 0.5) is 0 Å². The number of carbonyl (C=O) groups is 1. The van der Waals surface area contributed by atoms with E-state index in [2.05, 4.69) is 48.0 Å². The Morgan fingerprint density at radius 1 is 1.25 bits per heavy atom. The summed E-state index contributed by atoms with van der Waals surface area (Å²) < 4.78 is 0. The van der Waals surface area contributed by atoms with Crippen molar-refractivity contribution in [1.29, 1.82) is 0 Å². The van der Waals surface area contributed by atoms with Crippen LogP contribution in [-0.2, 0) is 11.2 Å². The molecule has 0 N–H and O–H groups in total. The number of aryl methyl sites for hydroxylation is 2. The fourth-order valence-corrected chi connectivity index (χ4v) is 2.50. The van der Waals surface area contributed by atoms with Crippen molar-refractivity contribution in [3.05, 3.63) is 34.9 Å². The van der Waals surface area contributed by atoms with Gasteiger partial charge in [-0.2, -0.15) is 0 Å². The predicted molar refractivity (Wildman–Crippen MR) is 72.2 cm³/mol. The minimum Gasteiger partial charge on any atom is -0.298 e. The molecule has 0 heterocycles. The van der Waals surface area contributed by atoms with Crippen molar-refractivity contribution in [2.24, 2.45) is 5.92 Å². The van der Waals surface area contributed by atoms with Crippen LogP contribution in [-0.4, -0.2) is 10.6 Å². The first-order valence-corrected chi connectivity index (χ1v) is 6.57. The molecule has 1 unspecified atom stereocenters. The largest absolute Gasteiger partial charge is 0.298 e. The van der Waals surface area contributed by atoms with Gasteiger partial charge in [0.2, 0.25) is 0 Å². The van der Waals surface area contributed by atoms with Crippen LogP contribution in [0, 0.1) is 19.8 Å². The van der Waals surface area contributed by atoms with Crippen molar-refractivity contribution in [1.82, 2.24) is 0 Å². The van der Waals surface area contributed by atoms with Crippen LogP contribution in [0.25, 0.3) is 0 Å². The van der Waals surface area contributed by atoms with Crippen molar-refractivity contribution < 1.29 is 4.79 Å². The Bertz CT molecular complexity index is 382. The van der Waals surface area contributed by atoms with E-state index >= 15 is 0 Å². The highest BCUT2D eigenvalue weighted by Crippen LogP contribution is 2.17. The molecule has 2 heteroatoms. The topological polar surface area (TPSA) is 17.1 Å². The van der Waals surface area contributed by atoms with Crippen LogP contribution in [0.2, 0.25) is 0 Å². The minimum absolute atomic E-state index is 0.0605. The van der Waals surface area contributed by atoms with Gasteiger partial charge in [-0.15, -0.1) is 0 Å². The van der Waals surface area contributed by atoms with Crippen LogP contribution in [0.5, 0.6) is 0 Å². The van der Waals surface area contributed by atoms with Crippen LogP contribution < -0.4 is 0 Å². The van der Waals surface area contributed by atoms with Gasteiger partial charge in [0.15, 0.2) is 0 Å². The molecule has 0 spiro atoms. The van der Waals surface area contributed by atoms with Gasteiger partial charge in [-0.3, -0.25) is 4.79 Å². The molecule has 0 aliphatic carbocycles. The maximum absolute atomic E-state index is 11.8. The first kappa shape index (κ1) is 13.4. The number of hydrogen-bond acceptors (Lipinski definition) is 1. The monoisotopic (exact) mass is 282 g/mol. The summed E-state index contributed by atoms with van der Waals surface area (Å²) >= 11 is 3.47. The summed E-state index contributed by atoms with van der Waals surface area (Å²) in [5, 5.41) is 0. The molecule has 0 aliphatic rings. The SMILES string of the molecule is Cc1ccc(CC(Br)C(=O)C(C)C)cc1C. The standard InChI is InChI=1S/C14H19BrO/c1-9(2)14(16)13(15)8-12-6-5-10(3)11(4)7-12/h5-7,9,13H,8H2,1-4H3. The second-order valence-electron chi connectivity index (χ2n) is 4.65. The Labute approximate surface area is 106 Å². The Morgan fingerprint density at radius 3 is 2.38 bits per heavy atom. The third-order valence-electron chi connectivity index (χ3n) is 2.86. The van der Waals surface area contributed by atoms with E-state index in [9.17, 15) is 4.79 Å². The van der Waals surface area contributed by atoms with Gasteiger partial charge >= 0.3 is 0 Å². The van der Waals surface area contributed by atoms with Gasteiger partial charge in [-0.05, 0) is 37.0 Å². The molecule has 88 valence electrons. The average molecular weight is 283 g/mol. The molecule has 0 saturated heterocycles. The lowest BCUT2D eigenvalue weighted by Crippen LogP contribution is -2.21. The third-order valence-corrected chi connectivity index (χ3v) is 3.64. The van der Waals surface area contributed by atoms with Crippen LogP contribution in [0.15, 0.2) is 18.2 Å². The molecule has 1 nitrogen and oxygen atoms in total. The number of ketones is 1. The highest BCUT2D eigenvalue weighted by atomic mass is 79.9. The van der Waals surface area contributed by atoms with Gasteiger partial charge in [0, 0.05) is 5.92 Å². The number of alkyl halides is 1. The van der Waals surface area contributed by atoms with E-state index in [4.69, 9.17) is 0 Å². The lowest BCUT2D eigenvalue weighted by Gasteiger charge is -2.12. The van der Waals surface area contributed by atoms with Gasteiger partial charge in [0.1, 0.15) is 5.78 Å². The lowest BCUT2D eigenvalue weighted by molar-refractivity contribution is -0.121. The lowest BCUT2D eigenvalue weighted by atomic mass is 9.98. The Morgan fingerprint density at radius 2 is 1.88 bits per heavy atom. The number of benzene rings is 1. The fraction of sp³-hybridized carbons (Fsp3) is 0.500. The van der Waals surface area contributed by atoms with Crippen molar-refractivity contribution >= 4 is 21.7 Å². The Balaban J connectivity index is 2.73. The molecule has 0 radical (unpaired) electrons. The zero-order valence-electron chi connectivity index (χ0n) is 10.4. The summed E-state index contributed by atoms with van der Waals surface area (Å²) in [7, 11) is 0. The highest BCUT2D eigenvalue weighted by molar-refractivity contribution is 9.10. The van der Waals surface area contributed by atoms with Crippen molar-refractivity contribution in [3.63, 3.8) is 0 Å². The van der Waals surface area contributed by atoms with Gasteiger partial charge in [-0.1, -0.05) is 48.0 Å². The van der Waals surface area contributed by atoms with Gasteiger partial charge in [0.05, 0.1) is 4.83 Å². The fourth-order valence-electron chi connectivity index (χ4n) is 1.60. The zero-order valence-corrected chi connectivity index (χ0v) is 12.0. The van der Waals surface area contributed by atoms with E-state index in [0.29, 0.717) is 0 Å². The van der Waals surface area contributed by atoms with Crippen LogP contribution in [0.3, 0.4) is 0 Å². The molecule has 1 aromatic carbocycles. The zero-order chi connectivity index (χ0) is 12.3. The normalized spacial score (nSPS) is 12.9. The number of carbonyl (C=O) groups excluding carboxylic acids is 1. The Hall–Kier alpha value is -0.630. The third kappa shape index (κ3) is 3.44. The van der Waals surface area contributed by atoms with Gasteiger partial charge in [-0.25, -0.2) is 0 Å². The van der Waals surface area contributed by atoms with Crippen LogP contribution >= 0.6 is 15.9 Å². The van der Waals surface area contributed by atoms with E-state index in [1.165, 1.54) is 16.7 Å². The smallest absolute Gasteiger partial charge is 0.149 e. The number of hydrogen-bond donors (Lipinski definition) is 0. The minimum atomic E-state index is -0.0605. The molecule has 0 amide bonds. The second-order valence-corrected chi connectivity index (χ2v) is 5.75. The van der Waals surface area contributed by atoms with Crippen molar-refractivity contribution in [2.75, 3.05) is 0 Å². The quantitative estimate of drug-likeness (QED) is 0.767. The van der Waals surface area contributed by atoms with E-state index in [1.54, 1.807) is 0 Å². The van der Waals surface area contributed by atoms with E-state index in [0.717, 1.165) is 6.42 Å². The maximum Gasteiger partial charge on any atom is 0.149 e.